The fraction of sp³-hybridized carbons (Fsp3) is 0.636. The van der Waals surface area contributed by atoms with Gasteiger partial charge in [-0.3, -0.25) is 14.5 Å². The summed E-state index contributed by atoms with van der Waals surface area (Å²) in [6.45, 7) is 1.97. The summed E-state index contributed by atoms with van der Waals surface area (Å²) in [4.78, 5) is 28.8. The van der Waals surface area contributed by atoms with Crippen LogP contribution >= 0.6 is 11.6 Å². The van der Waals surface area contributed by atoms with Crippen molar-refractivity contribution in [2.45, 2.75) is 51.0 Å². The molecule has 160 valence electrons. The number of benzene rings is 1. The molecular formula is C22H32ClN3O3. The van der Waals surface area contributed by atoms with Crippen molar-refractivity contribution in [2.75, 3.05) is 33.3 Å². The molecule has 0 radical (unpaired) electrons. The lowest BCUT2D eigenvalue weighted by Gasteiger charge is -2.42. The Morgan fingerprint density at radius 1 is 1.31 bits per heavy atom. The lowest BCUT2D eigenvalue weighted by Crippen LogP contribution is -2.52. The van der Waals surface area contributed by atoms with Gasteiger partial charge in [0.05, 0.1) is 13.2 Å². The molecule has 1 saturated carbocycles. The molecule has 1 aliphatic carbocycles. The van der Waals surface area contributed by atoms with E-state index in [1.54, 1.807) is 12.1 Å². The summed E-state index contributed by atoms with van der Waals surface area (Å²) in [5, 5.41) is 0.599. The van der Waals surface area contributed by atoms with Crippen molar-refractivity contribution >= 4 is 23.4 Å². The predicted molar refractivity (Wildman–Crippen MR) is 114 cm³/mol. The summed E-state index contributed by atoms with van der Waals surface area (Å²) in [5.41, 5.74) is 5.09. The maximum atomic E-state index is 13.0. The Kier molecular flexibility index (Phi) is 7.41. The van der Waals surface area contributed by atoms with E-state index < -0.39 is 5.41 Å². The van der Waals surface area contributed by atoms with Gasteiger partial charge in [0.15, 0.2) is 0 Å². The van der Waals surface area contributed by atoms with Crippen molar-refractivity contribution in [1.29, 1.82) is 0 Å². The second-order valence-corrected chi connectivity index (χ2v) is 9.10. The number of rotatable bonds is 8. The molecular weight excluding hydrogens is 390 g/mol. The fourth-order valence-electron chi connectivity index (χ4n) is 4.68. The van der Waals surface area contributed by atoms with E-state index in [-0.39, 0.29) is 18.2 Å². The number of likely N-dealkylation sites (tertiary alicyclic amines) is 1. The molecule has 2 amide bonds. The van der Waals surface area contributed by atoms with Crippen LogP contribution in [0.1, 0.15) is 44.9 Å². The van der Waals surface area contributed by atoms with Gasteiger partial charge in [0.25, 0.3) is 0 Å². The molecule has 3 rings (SSSR count). The first-order valence-corrected chi connectivity index (χ1v) is 10.9. The van der Waals surface area contributed by atoms with Crippen LogP contribution in [0, 0.1) is 5.41 Å². The van der Waals surface area contributed by atoms with E-state index in [2.05, 4.69) is 4.90 Å². The van der Waals surface area contributed by atoms with Crippen LogP contribution in [0.2, 0.25) is 5.02 Å². The monoisotopic (exact) mass is 421 g/mol. The van der Waals surface area contributed by atoms with Crippen LogP contribution in [0.4, 0.5) is 0 Å². The Balaban J connectivity index is 1.64. The lowest BCUT2D eigenvalue weighted by atomic mass is 9.77. The SMILES string of the molecule is CN(CC(=O)N1CCCC(COc2cccc(Cl)c2)(CC(N)=O)C1)C1CCCC1. The quantitative estimate of drug-likeness (QED) is 0.699. The van der Waals surface area contributed by atoms with E-state index in [4.69, 9.17) is 22.1 Å². The molecule has 0 spiro atoms. The highest BCUT2D eigenvalue weighted by Crippen LogP contribution is 2.35. The first-order valence-electron chi connectivity index (χ1n) is 10.5. The molecule has 0 aromatic heterocycles. The Bertz CT molecular complexity index is 723. The Morgan fingerprint density at radius 2 is 2.07 bits per heavy atom. The lowest BCUT2D eigenvalue weighted by molar-refractivity contribution is -0.138. The number of ether oxygens (including phenoxy) is 1. The summed E-state index contributed by atoms with van der Waals surface area (Å²) in [7, 11) is 2.04. The van der Waals surface area contributed by atoms with Crippen LogP contribution in [0.5, 0.6) is 5.75 Å². The number of nitrogens with zero attached hydrogens (tertiary/aromatic N) is 2. The average Bonchev–Trinajstić information content (AvgIpc) is 3.21. The summed E-state index contributed by atoms with van der Waals surface area (Å²) >= 11 is 6.04. The maximum Gasteiger partial charge on any atom is 0.236 e. The largest absolute Gasteiger partial charge is 0.493 e. The van der Waals surface area contributed by atoms with E-state index >= 15 is 0 Å². The first kappa shape index (κ1) is 21.9. The number of hydrogen-bond donors (Lipinski definition) is 1. The molecule has 1 saturated heterocycles. The number of carbonyl (C=O) groups excluding carboxylic acids is 2. The second kappa shape index (κ2) is 9.81. The summed E-state index contributed by atoms with van der Waals surface area (Å²) in [6, 6.07) is 7.71. The fourth-order valence-corrected chi connectivity index (χ4v) is 4.86. The molecule has 2 aliphatic rings. The zero-order valence-electron chi connectivity index (χ0n) is 17.2. The highest BCUT2D eigenvalue weighted by Gasteiger charge is 2.39. The average molecular weight is 422 g/mol. The van der Waals surface area contributed by atoms with Crippen LogP contribution in [0.25, 0.3) is 0 Å². The van der Waals surface area contributed by atoms with Crippen LogP contribution in [-0.4, -0.2) is 60.9 Å². The van der Waals surface area contributed by atoms with Gasteiger partial charge < -0.3 is 15.4 Å². The number of carbonyl (C=O) groups is 2. The maximum absolute atomic E-state index is 13.0. The van der Waals surface area contributed by atoms with Gasteiger partial charge in [0.2, 0.25) is 11.8 Å². The van der Waals surface area contributed by atoms with Gasteiger partial charge in [0, 0.05) is 36.0 Å². The third kappa shape index (κ3) is 6.09. The van der Waals surface area contributed by atoms with Crippen LogP contribution in [-0.2, 0) is 9.59 Å². The zero-order chi connectivity index (χ0) is 20.9. The van der Waals surface area contributed by atoms with Gasteiger partial charge in [-0.25, -0.2) is 0 Å². The van der Waals surface area contributed by atoms with Crippen LogP contribution < -0.4 is 10.5 Å². The van der Waals surface area contributed by atoms with E-state index in [9.17, 15) is 9.59 Å². The summed E-state index contributed by atoms with van der Waals surface area (Å²) < 4.78 is 5.98. The number of halogens is 1. The molecule has 2 fully saturated rings. The molecule has 1 atom stereocenters. The molecule has 2 N–H and O–H groups in total. The highest BCUT2D eigenvalue weighted by molar-refractivity contribution is 6.30. The van der Waals surface area contributed by atoms with Gasteiger partial charge in [-0.15, -0.1) is 0 Å². The van der Waals surface area contributed by atoms with E-state index in [0.717, 1.165) is 19.4 Å². The van der Waals surface area contributed by atoms with E-state index in [1.807, 2.05) is 24.1 Å². The molecule has 1 unspecified atom stereocenters. The molecule has 1 aliphatic heterocycles. The van der Waals surface area contributed by atoms with Crippen molar-refractivity contribution in [3.63, 3.8) is 0 Å². The Morgan fingerprint density at radius 3 is 2.76 bits per heavy atom. The van der Waals surface area contributed by atoms with Crippen molar-refractivity contribution in [3.8, 4) is 5.75 Å². The minimum atomic E-state index is -0.464. The second-order valence-electron chi connectivity index (χ2n) is 8.66. The minimum Gasteiger partial charge on any atom is -0.493 e. The molecule has 1 aromatic rings. The van der Waals surface area contributed by atoms with Gasteiger partial charge in [-0.2, -0.15) is 0 Å². The molecule has 0 bridgehead atoms. The van der Waals surface area contributed by atoms with Gasteiger partial charge in [0.1, 0.15) is 5.75 Å². The topological polar surface area (TPSA) is 75.9 Å². The zero-order valence-corrected chi connectivity index (χ0v) is 18.0. The number of likely N-dealkylation sites (N-methyl/N-ethyl adjacent to an activating group) is 1. The van der Waals surface area contributed by atoms with Gasteiger partial charge in [-0.05, 0) is 50.9 Å². The van der Waals surface area contributed by atoms with Crippen molar-refractivity contribution < 1.29 is 14.3 Å². The molecule has 1 heterocycles. The van der Waals surface area contributed by atoms with Crippen molar-refractivity contribution in [2.24, 2.45) is 11.1 Å². The highest BCUT2D eigenvalue weighted by atomic mass is 35.5. The van der Waals surface area contributed by atoms with Gasteiger partial charge >= 0.3 is 0 Å². The first-order chi connectivity index (χ1) is 13.9. The third-order valence-electron chi connectivity index (χ3n) is 6.24. The Hall–Kier alpha value is -1.79. The van der Waals surface area contributed by atoms with Crippen LogP contribution in [0.3, 0.4) is 0 Å². The minimum absolute atomic E-state index is 0.121. The number of hydrogen-bond acceptors (Lipinski definition) is 4. The van der Waals surface area contributed by atoms with Crippen molar-refractivity contribution in [3.05, 3.63) is 29.3 Å². The molecule has 7 heteroatoms. The van der Waals surface area contributed by atoms with E-state index in [1.165, 1.54) is 25.7 Å². The Labute approximate surface area is 178 Å². The summed E-state index contributed by atoms with van der Waals surface area (Å²) in [6.07, 6.45) is 6.68. The number of amides is 2. The number of nitrogens with two attached hydrogens (primary N) is 1. The predicted octanol–water partition coefficient (Wildman–Crippen LogP) is 3.08. The smallest absolute Gasteiger partial charge is 0.236 e. The van der Waals surface area contributed by atoms with Crippen LogP contribution in [0.15, 0.2) is 24.3 Å². The standard InChI is InChI=1S/C22H32ClN3O3/c1-25(18-7-2-3-8-18)14-21(28)26-11-5-10-22(15-26,13-20(24)27)16-29-19-9-4-6-17(23)12-19/h4,6,9,12,18H,2-3,5,7-8,10-11,13-16H2,1H3,(H2,24,27). The molecule has 29 heavy (non-hydrogen) atoms. The van der Waals surface area contributed by atoms with E-state index in [0.29, 0.717) is 36.5 Å². The molecule has 6 nitrogen and oxygen atoms in total. The molecule has 1 aromatic carbocycles. The number of piperidine rings is 1. The van der Waals surface area contributed by atoms with Crippen molar-refractivity contribution in [1.82, 2.24) is 9.80 Å². The normalized spacial score (nSPS) is 22.8. The van der Waals surface area contributed by atoms with Gasteiger partial charge in [-0.1, -0.05) is 30.5 Å². The third-order valence-corrected chi connectivity index (χ3v) is 6.47. The summed E-state index contributed by atoms with van der Waals surface area (Å²) in [5.74, 6) is 0.415. The number of primary amides is 1.